The predicted molar refractivity (Wildman–Crippen MR) is 149 cm³/mol. The van der Waals surface area contributed by atoms with E-state index in [9.17, 15) is 0 Å². The molecule has 178 valence electrons. The lowest BCUT2D eigenvalue weighted by Crippen LogP contribution is -2.18. The van der Waals surface area contributed by atoms with E-state index in [-0.39, 0.29) is 16.9 Å². The quantitative estimate of drug-likeness (QED) is 0.357. The molecular weight excluding hydrogens is 433 g/mol. The average Bonchev–Trinajstić information content (AvgIpc) is 3.28. The third-order valence-electron chi connectivity index (χ3n) is 6.45. The lowest BCUT2D eigenvalue weighted by molar-refractivity contribution is 0.315. The van der Waals surface area contributed by atoms with E-state index in [4.69, 9.17) is 9.73 Å². The molecule has 1 unspecified atom stereocenters. The molecule has 3 aromatic rings. The normalized spacial score (nSPS) is 16.4. The summed E-state index contributed by atoms with van der Waals surface area (Å²) >= 11 is 0. The lowest BCUT2D eigenvalue weighted by atomic mass is 9.79. The molecular formula is C31H38NOP. The van der Waals surface area contributed by atoms with Gasteiger partial charge >= 0.3 is 0 Å². The first kappa shape index (κ1) is 24.7. The molecule has 1 aliphatic heterocycles. The highest BCUT2D eigenvalue weighted by molar-refractivity contribution is 7.73. The molecule has 0 spiro atoms. The summed E-state index contributed by atoms with van der Waals surface area (Å²) in [7, 11) is -0.402. The molecule has 3 heteroatoms. The SMILES string of the molecule is CC(C)(C)c1cc(C2=NC(CCP(c3ccccc3)c3ccccc3)CO2)cc(C(C)(C)C)c1. The van der Waals surface area contributed by atoms with Crippen LogP contribution in [0.1, 0.15) is 64.7 Å². The molecule has 0 aliphatic carbocycles. The maximum absolute atomic E-state index is 6.19. The van der Waals surface area contributed by atoms with Crippen molar-refractivity contribution in [1.82, 2.24) is 0 Å². The Morgan fingerprint density at radius 3 is 1.74 bits per heavy atom. The highest BCUT2D eigenvalue weighted by Gasteiger charge is 2.26. The number of ether oxygens (including phenoxy) is 1. The zero-order valence-electron chi connectivity index (χ0n) is 21.5. The molecule has 2 nitrogen and oxygen atoms in total. The van der Waals surface area contributed by atoms with E-state index in [0.717, 1.165) is 24.0 Å². The second-order valence-electron chi connectivity index (χ2n) is 11.3. The maximum atomic E-state index is 6.19. The molecule has 0 N–H and O–H groups in total. The number of benzene rings is 3. The Morgan fingerprint density at radius 1 is 0.765 bits per heavy atom. The van der Waals surface area contributed by atoms with Crippen molar-refractivity contribution in [2.45, 2.75) is 64.8 Å². The largest absolute Gasteiger partial charge is 0.475 e. The number of hydrogen-bond donors (Lipinski definition) is 0. The van der Waals surface area contributed by atoms with Crippen LogP contribution in [-0.2, 0) is 15.6 Å². The van der Waals surface area contributed by atoms with Crippen molar-refractivity contribution in [3.8, 4) is 0 Å². The summed E-state index contributed by atoms with van der Waals surface area (Å²) in [6.07, 6.45) is 2.15. The van der Waals surface area contributed by atoms with Crippen molar-refractivity contribution in [3.05, 3.63) is 95.6 Å². The predicted octanol–water partition coefficient (Wildman–Crippen LogP) is 6.95. The van der Waals surface area contributed by atoms with E-state index in [1.54, 1.807) is 0 Å². The van der Waals surface area contributed by atoms with E-state index in [0.29, 0.717) is 6.61 Å². The molecule has 0 fully saturated rings. The van der Waals surface area contributed by atoms with E-state index in [1.165, 1.54) is 21.7 Å². The van der Waals surface area contributed by atoms with Crippen molar-refractivity contribution < 1.29 is 4.74 Å². The minimum Gasteiger partial charge on any atom is -0.475 e. The van der Waals surface area contributed by atoms with Crippen molar-refractivity contribution in [1.29, 1.82) is 0 Å². The molecule has 1 heterocycles. The molecule has 3 aromatic carbocycles. The topological polar surface area (TPSA) is 21.6 Å². The van der Waals surface area contributed by atoms with Gasteiger partial charge in [-0.05, 0) is 65.2 Å². The molecule has 34 heavy (non-hydrogen) atoms. The second kappa shape index (κ2) is 10.0. The highest BCUT2D eigenvalue weighted by Crippen LogP contribution is 2.36. The van der Waals surface area contributed by atoms with Gasteiger partial charge in [-0.1, -0.05) is 108 Å². The fourth-order valence-corrected chi connectivity index (χ4v) is 6.67. The molecule has 0 amide bonds. The fraction of sp³-hybridized carbons (Fsp3) is 0.387. The molecule has 0 aromatic heterocycles. The summed E-state index contributed by atoms with van der Waals surface area (Å²) in [6, 6.07) is 29.0. The molecule has 0 saturated heterocycles. The van der Waals surface area contributed by atoms with Crippen LogP contribution in [0, 0.1) is 0 Å². The van der Waals surface area contributed by atoms with Gasteiger partial charge in [0, 0.05) is 5.56 Å². The van der Waals surface area contributed by atoms with Crippen molar-refractivity contribution >= 4 is 24.4 Å². The minimum absolute atomic E-state index is 0.0791. The Balaban J connectivity index is 1.56. The van der Waals surface area contributed by atoms with Gasteiger partial charge in [-0.15, -0.1) is 0 Å². The number of hydrogen-bond acceptors (Lipinski definition) is 2. The Labute approximate surface area is 207 Å². The first-order valence-electron chi connectivity index (χ1n) is 12.4. The van der Waals surface area contributed by atoms with E-state index in [1.807, 2.05) is 0 Å². The van der Waals surface area contributed by atoms with Crippen molar-refractivity contribution in [2.75, 3.05) is 12.8 Å². The number of nitrogens with zero attached hydrogens (tertiary/aromatic N) is 1. The van der Waals surface area contributed by atoms with Gasteiger partial charge in [0.1, 0.15) is 6.61 Å². The van der Waals surface area contributed by atoms with Crippen LogP contribution in [0.2, 0.25) is 0 Å². The lowest BCUT2D eigenvalue weighted by Gasteiger charge is -2.26. The Morgan fingerprint density at radius 2 is 1.26 bits per heavy atom. The summed E-state index contributed by atoms with van der Waals surface area (Å²) in [4.78, 5) is 5.07. The summed E-state index contributed by atoms with van der Waals surface area (Å²) < 4.78 is 6.19. The van der Waals surface area contributed by atoms with Crippen LogP contribution >= 0.6 is 7.92 Å². The Bertz CT molecular complexity index is 1050. The Hall–Kier alpha value is -2.44. The first-order chi connectivity index (χ1) is 16.1. The summed E-state index contributed by atoms with van der Waals surface area (Å²) in [6.45, 7) is 14.3. The van der Waals surface area contributed by atoms with Crippen molar-refractivity contribution in [2.24, 2.45) is 4.99 Å². The summed E-state index contributed by atoms with van der Waals surface area (Å²) in [5.41, 5.74) is 3.95. The minimum atomic E-state index is -0.402. The van der Waals surface area contributed by atoms with Crippen LogP contribution in [0.15, 0.2) is 83.9 Å². The summed E-state index contributed by atoms with van der Waals surface area (Å²) in [5, 5.41) is 2.86. The van der Waals surface area contributed by atoms with Crippen LogP contribution < -0.4 is 10.6 Å². The van der Waals surface area contributed by atoms with Crippen LogP contribution in [0.4, 0.5) is 0 Å². The zero-order chi connectivity index (χ0) is 24.3. The molecule has 0 radical (unpaired) electrons. The van der Waals surface area contributed by atoms with Gasteiger partial charge in [-0.3, -0.25) is 0 Å². The average molecular weight is 472 g/mol. The zero-order valence-corrected chi connectivity index (χ0v) is 22.4. The molecule has 1 atom stereocenters. The van der Waals surface area contributed by atoms with Crippen LogP contribution in [0.3, 0.4) is 0 Å². The standard InChI is InChI=1S/C31H38NOP/c1-30(2,3)24-19-23(20-25(21-24)31(4,5)6)29-32-26(22-33-29)17-18-34(27-13-9-7-10-14-27)28-15-11-8-12-16-28/h7-16,19-21,26H,17-18,22H2,1-6H3. The number of aliphatic imine (C=N–C) groups is 1. The van der Waals surface area contributed by atoms with Gasteiger partial charge in [-0.2, -0.15) is 0 Å². The van der Waals surface area contributed by atoms with Gasteiger partial charge < -0.3 is 4.74 Å². The van der Waals surface area contributed by atoms with Gasteiger partial charge in [0.15, 0.2) is 0 Å². The van der Waals surface area contributed by atoms with Gasteiger partial charge in [0.2, 0.25) is 5.90 Å². The van der Waals surface area contributed by atoms with Crippen LogP contribution in [-0.4, -0.2) is 24.7 Å². The Kier molecular flexibility index (Phi) is 7.29. The molecule has 0 saturated carbocycles. The van der Waals surface area contributed by atoms with E-state index >= 15 is 0 Å². The van der Waals surface area contributed by atoms with Crippen LogP contribution in [0.5, 0.6) is 0 Å². The fourth-order valence-electron chi connectivity index (χ4n) is 4.24. The molecule has 0 bridgehead atoms. The van der Waals surface area contributed by atoms with E-state index < -0.39 is 7.92 Å². The third kappa shape index (κ3) is 5.97. The number of rotatable bonds is 6. The third-order valence-corrected chi connectivity index (χ3v) is 8.99. The van der Waals surface area contributed by atoms with Gasteiger partial charge in [-0.25, -0.2) is 4.99 Å². The monoisotopic (exact) mass is 471 g/mol. The second-order valence-corrected chi connectivity index (χ2v) is 13.6. The maximum Gasteiger partial charge on any atom is 0.216 e. The van der Waals surface area contributed by atoms with Gasteiger partial charge in [0.05, 0.1) is 6.04 Å². The summed E-state index contributed by atoms with van der Waals surface area (Å²) in [5.74, 6) is 0.811. The van der Waals surface area contributed by atoms with Gasteiger partial charge in [0.25, 0.3) is 0 Å². The van der Waals surface area contributed by atoms with E-state index in [2.05, 4.69) is 120 Å². The highest BCUT2D eigenvalue weighted by atomic mass is 31.1. The van der Waals surface area contributed by atoms with Crippen molar-refractivity contribution in [3.63, 3.8) is 0 Å². The van der Waals surface area contributed by atoms with Crippen LogP contribution in [0.25, 0.3) is 0 Å². The smallest absolute Gasteiger partial charge is 0.216 e. The first-order valence-corrected chi connectivity index (χ1v) is 13.9. The molecule has 1 aliphatic rings. The molecule has 4 rings (SSSR count).